The first-order valence-corrected chi connectivity index (χ1v) is 10.4. The number of thiocarbonyl (C=S) groups is 1. The van der Waals surface area contributed by atoms with Gasteiger partial charge in [-0.1, -0.05) is 62.5 Å². The number of hydrogen-bond acceptors (Lipinski definition) is 2. The summed E-state index contributed by atoms with van der Waals surface area (Å²) in [5.41, 5.74) is 2.22. The molecule has 2 saturated heterocycles. The number of hydrogen-bond donors (Lipinski definition) is 2. The third-order valence-electron chi connectivity index (χ3n) is 6.13. The number of rotatable bonds is 6. The summed E-state index contributed by atoms with van der Waals surface area (Å²) in [6.07, 6.45) is 11.5. The molecular formula is C20H32BN3S. The van der Waals surface area contributed by atoms with E-state index in [1.54, 1.807) is 0 Å². The number of benzene rings is 1. The maximum Gasteiger partial charge on any atom is 0.170 e. The molecule has 0 amide bonds. The van der Waals surface area contributed by atoms with E-state index in [9.17, 15) is 0 Å². The van der Waals surface area contributed by atoms with Crippen molar-refractivity contribution in [2.75, 3.05) is 30.9 Å². The number of fused-ring (bicyclic) bond motifs is 2. The highest BCUT2D eigenvalue weighted by Crippen LogP contribution is 2.47. The van der Waals surface area contributed by atoms with E-state index in [1.807, 2.05) is 0 Å². The van der Waals surface area contributed by atoms with Crippen LogP contribution in [0.25, 0.3) is 0 Å². The van der Waals surface area contributed by atoms with Crippen molar-refractivity contribution in [3.63, 3.8) is 0 Å². The van der Waals surface area contributed by atoms with Crippen LogP contribution in [-0.2, 0) is 0 Å². The Kier molecular flexibility index (Phi) is 6.63. The fourth-order valence-corrected chi connectivity index (χ4v) is 5.08. The van der Waals surface area contributed by atoms with Crippen LogP contribution in [0.4, 0.5) is 11.4 Å². The fourth-order valence-electron chi connectivity index (χ4n) is 4.86. The van der Waals surface area contributed by atoms with Gasteiger partial charge >= 0.3 is 0 Å². The average Bonchev–Trinajstić information content (AvgIpc) is 2.58. The zero-order valence-corrected chi connectivity index (χ0v) is 16.6. The molecular weight excluding hydrogens is 325 g/mol. The fraction of sp³-hybridized carbons (Fsp3) is 0.650. The summed E-state index contributed by atoms with van der Waals surface area (Å²) >= 11 is 5.46. The zero-order valence-electron chi connectivity index (χ0n) is 15.8. The lowest BCUT2D eigenvalue weighted by Gasteiger charge is -2.40. The van der Waals surface area contributed by atoms with Crippen LogP contribution < -0.4 is 15.5 Å². The molecule has 5 heteroatoms. The van der Waals surface area contributed by atoms with Crippen LogP contribution in [0.15, 0.2) is 24.3 Å². The van der Waals surface area contributed by atoms with E-state index in [0.29, 0.717) is 0 Å². The maximum absolute atomic E-state index is 5.46. The molecule has 0 saturated carbocycles. The Balaban J connectivity index is 1.39. The van der Waals surface area contributed by atoms with Crippen LogP contribution in [-0.4, -0.2) is 32.5 Å². The van der Waals surface area contributed by atoms with E-state index in [1.165, 1.54) is 57.0 Å². The lowest BCUT2D eigenvalue weighted by Crippen LogP contribution is -2.35. The van der Waals surface area contributed by atoms with Crippen LogP contribution >= 0.6 is 12.2 Å². The summed E-state index contributed by atoms with van der Waals surface area (Å²) in [7, 11) is 4.10. The Morgan fingerprint density at radius 1 is 1.16 bits per heavy atom. The summed E-state index contributed by atoms with van der Waals surface area (Å²) in [5, 5.41) is 7.44. The lowest BCUT2D eigenvalue weighted by molar-refractivity contribution is 0.440. The molecule has 2 N–H and O–H groups in total. The predicted octanol–water partition coefficient (Wildman–Crippen LogP) is 5.03. The minimum absolute atomic E-state index is 0.736. The summed E-state index contributed by atoms with van der Waals surface area (Å²) in [6.45, 7) is 1.97. The van der Waals surface area contributed by atoms with Gasteiger partial charge in [0, 0.05) is 32.0 Å². The summed E-state index contributed by atoms with van der Waals surface area (Å²) in [4.78, 5) is 2.10. The minimum Gasteiger partial charge on any atom is -0.378 e. The monoisotopic (exact) mass is 357 g/mol. The quantitative estimate of drug-likeness (QED) is 0.424. The second kappa shape index (κ2) is 8.93. The van der Waals surface area contributed by atoms with E-state index in [4.69, 9.17) is 12.2 Å². The number of nitrogens with zero attached hydrogens (tertiary/aromatic N) is 1. The summed E-state index contributed by atoms with van der Waals surface area (Å²) in [6, 6.07) is 8.34. The van der Waals surface area contributed by atoms with E-state index >= 15 is 0 Å². The van der Waals surface area contributed by atoms with Crippen molar-refractivity contribution < 1.29 is 0 Å². The number of nitrogens with one attached hydrogen (secondary N) is 2. The lowest BCUT2D eigenvalue weighted by atomic mass is 9.26. The van der Waals surface area contributed by atoms with Gasteiger partial charge in [-0.2, -0.15) is 0 Å². The predicted molar refractivity (Wildman–Crippen MR) is 115 cm³/mol. The summed E-state index contributed by atoms with van der Waals surface area (Å²) in [5.74, 6) is 2.04. The third kappa shape index (κ3) is 5.13. The Bertz CT molecular complexity index is 556. The zero-order chi connectivity index (χ0) is 17.6. The van der Waals surface area contributed by atoms with Crippen LogP contribution in [0.5, 0.6) is 0 Å². The van der Waals surface area contributed by atoms with Crippen LogP contribution in [0.1, 0.15) is 44.9 Å². The maximum atomic E-state index is 5.46. The van der Waals surface area contributed by atoms with E-state index in [0.717, 1.165) is 35.7 Å². The molecule has 1 aromatic carbocycles. The molecule has 2 aliphatic heterocycles. The molecule has 0 aliphatic carbocycles. The molecule has 0 radical (unpaired) electrons. The van der Waals surface area contributed by atoms with Gasteiger partial charge < -0.3 is 15.5 Å². The van der Waals surface area contributed by atoms with E-state index in [-0.39, 0.29) is 0 Å². The van der Waals surface area contributed by atoms with Gasteiger partial charge in [-0.3, -0.25) is 0 Å². The van der Waals surface area contributed by atoms with Gasteiger partial charge in [-0.05, 0) is 36.8 Å². The molecule has 136 valence electrons. The van der Waals surface area contributed by atoms with Crippen molar-refractivity contribution in [2.24, 2.45) is 0 Å². The molecule has 2 fully saturated rings. The van der Waals surface area contributed by atoms with Crippen LogP contribution in [0.2, 0.25) is 18.0 Å². The van der Waals surface area contributed by atoms with Gasteiger partial charge in [0.1, 0.15) is 6.71 Å². The summed E-state index contributed by atoms with van der Waals surface area (Å²) < 4.78 is 0. The molecule has 0 spiro atoms. The molecule has 1 aromatic rings. The Hall–Kier alpha value is -1.23. The van der Waals surface area contributed by atoms with Crippen LogP contribution in [0.3, 0.4) is 0 Å². The van der Waals surface area contributed by atoms with Gasteiger partial charge in [-0.25, -0.2) is 0 Å². The van der Waals surface area contributed by atoms with Gasteiger partial charge in [-0.15, -0.1) is 0 Å². The van der Waals surface area contributed by atoms with Gasteiger partial charge in [0.2, 0.25) is 0 Å². The van der Waals surface area contributed by atoms with Crippen molar-refractivity contribution in [2.45, 2.75) is 62.9 Å². The first kappa shape index (κ1) is 18.6. The molecule has 0 atom stereocenters. The highest BCUT2D eigenvalue weighted by Gasteiger charge is 2.38. The largest absolute Gasteiger partial charge is 0.378 e. The molecule has 3 rings (SSSR count). The Labute approximate surface area is 159 Å². The van der Waals surface area contributed by atoms with Crippen LogP contribution in [0, 0.1) is 0 Å². The minimum atomic E-state index is 0.736. The van der Waals surface area contributed by atoms with Gasteiger partial charge in [0.05, 0.1) is 0 Å². The molecule has 3 nitrogen and oxygen atoms in total. The van der Waals surface area contributed by atoms with Crippen molar-refractivity contribution in [3.8, 4) is 0 Å². The van der Waals surface area contributed by atoms with Gasteiger partial charge in [0.25, 0.3) is 0 Å². The molecule has 2 heterocycles. The highest BCUT2D eigenvalue weighted by molar-refractivity contribution is 7.80. The van der Waals surface area contributed by atoms with E-state index in [2.05, 4.69) is 53.9 Å². The van der Waals surface area contributed by atoms with Crippen molar-refractivity contribution in [1.82, 2.24) is 5.32 Å². The Morgan fingerprint density at radius 3 is 2.48 bits per heavy atom. The second-order valence-corrected chi connectivity index (χ2v) is 8.42. The topological polar surface area (TPSA) is 27.3 Å². The average molecular weight is 357 g/mol. The molecule has 2 bridgehead atoms. The number of anilines is 2. The van der Waals surface area contributed by atoms with Gasteiger partial charge in [0.15, 0.2) is 5.11 Å². The van der Waals surface area contributed by atoms with Crippen molar-refractivity contribution in [1.29, 1.82) is 0 Å². The third-order valence-corrected chi connectivity index (χ3v) is 6.38. The molecule has 0 aromatic heterocycles. The molecule has 0 unspecified atom stereocenters. The Morgan fingerprint density at radius 2 is 1.84 bits per heavy atom. The molecule has 25 heavy (non-hydrogen) atoms. The first-order valence-electron chi connectivity index (χ1n) is 9.95. The SMILES string of the molecule is CN(C)c1cccc(NC(=S)NCCCB2C3CCCC2CCC3)c1. The first-order chi connectivity index (χ1) is 12.1. The van der Waals surface area contributed by atoms with Crippen molar-refractivity contribution in [3.05, 3.63) is 24.3 Å². The normalized spacial score (nSPS) is 22.4. The second-order valence-electron chi connectivity index (χ2n) is 8.01. The molecule has 2 aliphatic rings. The highest BCUT2D eigenvalue weighted by atomic mass is 32.1. The standard InChI is InChI=1S/C20H32BN3S/c1-24(2)19-12-5-11-18(15-19)23-20(25)22-14-6-13-21-16-7-3-8-17(21)10-4-9-16/h5,11-12,15-17H,3-4,6-10,13-14H2,1-2H3,(H2,22,23,25). The van der Waals surface area contributed by atoms with E-state index < -0.39 is 0 Å². The smallest absolute Gasteiger partial charge is 0.170 e. The van der Waals surface area contributed by atoms with Crippen molar-refractivity contribution >= 4 is 35.4 Å².